The van der Waals surface area contributed by atoms with Gasteiger partial charge in [0.25, 0.3) is 11.5 Å². The number of carbonyl (C=O) groups excluding carboxylic acids is 1. The van der Waals surface area contributed by atoms with Gasteiger partial charge in [0.1, 0.15) is 10.7 Å². The summed E-state index contributed by atoms with van der Waals surface area (Å²) in [7, 11) is 0. The minimum atomic E-state index is -0.358. The van der Waals surface area contributed by atoms with Gasteiger partial charge in [-0.3, -0.25) is 9.59 Å². The van der Waals surface area contributed by atoms with Crippen LogP contribution in [0.25, 0.3) is 0 Å². The molecule has 3 rings (SSSR count). The lowest BCUT2D eigenvalue weighted by Gasteiger charge is -2.35. The number of aromatic amines is 1. The summed E-state index contributed by atoms with van der Waals surface area (Å²) in [5.74, 6) is 0.433. The van der Waals surface area contributed by atoms with Crippen LogP contribution in [-0.2, 0) is 4.74 Å². The molecule has 0 spiro atoms. The zero-order valence-electron chi connectivity index (χ0n) is 12.3. The Balaban J connectivity index is 1.96. The Morgan fingerprint density at radius 3 is 3.00 bits per heavy atom. The highest BCUT2D eigenvalue weighted by molar-refractivity contribution is 7.11. The van der Waals surface area contributed by atoms with Crippen molar-refractivity contribution in [2.45, 2.75) is 19.9 Å². The van der Waals surface area contributed by atoms with Crippen molar-refractivity contribution in [3.63, 3.8) is 0 Å². The van der Waals surface area contributed by atoms with Gasteiger partial charge in [0, 0.05) is 12.6 Å². The van der Waals surface area contributed by atoms with E-state index in [1.807, 2.05) is 6.92 Å². The van der Waals surface area contributed by atoms with Gasteiger partial charge in [0.15, 0.2) is 0 Å². The standard InChI is InChI=1S/C14H16N4O3S/c1-8-13(22-7-15-8)14(20)18-3-4-21-6-11(18)10-5-12(19)17-9(2)16-10/h5,7,11H,3-4,6H2,1-2H3,(H,16,17,19)/t11-/m0/s1. The van der Waals surface area contributed by atoms with Crippen LogP contribution in [0.4, 0.5) is 0 Å². The van der Waals surface area contributed by atoms with Gasteiger partial charge in [-0.05, 0) is 13.8 Å². The second kappa shape index (κ2) is 5.98. The van der Waals surface area contributed by atoms with Crippen molar-refractivity contribution in [3.05, 3.63) is 44.0 Å². The largest absolute Gasteiger partial charge is 0.377 e. The molecular weight excluding hydrogens is 304 g/mol. The fourth-order valence-electron chi connectivity index (χ4n) is 2.50. The number of aryl methyl sites for hydroxylation is 2. The summed E-state index contributed by atoms with van der Waals surface area (Å²) in [5.41, 5.74) is 2.70. The van der Waals surface area contributed by atoms with Gasteiger partial charge >= 0.3 is 0 Å². The van der Waals surface area contributed by atoms with Gasteiger partial charge in [-0.2, -0.15) is 0 Å². The van der Waals surface area contributed by atoms with Gasteiger partial charge in [-0.1, -0.05) is 0 Å². The van der Waals surface area contributed by atoms with Crippen molar-refractivity contribution in [1.29, 1.82) is 0 Å². The highest BCUT2D eigenvalue weighted by Crippen LogP contribution is 2.26. The molecule has 0 aliphatic carbocycles. The average Bonchev–Trinajstić information content (AvgIpc) is 2.91. The maximum Gasteiger partial charge on any atom is 0.266 e. The molecule has 3 heterocycles. The number of morpholine rings is 1. The molecule has 1 atom stereocenters. The minimum Gasteiger partial charge on any atom is -0.377 e. The maximum absolute atomic E-state index is 12.8. The summed E-state index contributed by atoms with van der Waals surface area (Å²) in [4.78, 5) is 37.9. The Bertz CT molecular complexity index is 755. The molecule has 1 saturated heterocycles. The molecule has 0 saturated carbocycles. The lowest BCUT2D eigenvalue weighted by Crippen LogP contribution is -2.44. The molecule has 0 aromatic carbocycles. The van der Waals surface area contributed by atoms with Crippen LogP contribution in [0.1, 0.15) is 32.9 Å². The first kappa shape index (κ1) is 14.9. The molecule has 2 aromatic rings. The summed E-state index contributed by atoms with van der Waals surface area (Å²) in [6.07, 6.45) is 0. The third-order valence-electron chi connectivity index (χ3n) is 3.55. The molecule has 0 bridgehead atoms. The lowest BCUT2D eigenvalue weighted by atomic mass is 10.1. The summed E-state index contributed by atoms with van der Waals surface area (Å²) in [6, 6.07) is 1.07. The molecule has 22 heavy (non-hydrogen) atoms. The molecule has 0 unspecified atom stereocenters. The number of carbonyl (C=O) groups is 1. The zero-order chi connectivity index (χ0) is 15.7. The van der Waals surface area contributed by atoms with Crippen molar-refractivity contribution in [2.24, 2.45) is 0 Å². The third-order valence-corrected chi connectivity index (χ3v) is 4.47. The molecule has 8 heteroatoms. The van der Waals surface area contributed by atoms with Crippen LogP contribution in [0.5, 0.6) is 0 Å². The van der Waals surface area contributed by atoms with Crippen molar-refractivity contribution in [1.82, 2.24) is 19.9 Å². The quantitative estimate of drug-likeness (QED) is 0.894. The number of amides is 1. The summed E-state index contributed by atoms with van der Waals surface area (Å²) in [5, 5.41) is 0. The van der Waals surface area contributed by atoms with Crippen molar-refractivity contribution in [2.75, 3.05) is 19.8 Å². The first-order valence-electron chi connectivity index (χ1n) is 6.93. The van der Waals surface area contributed by atoms with E-state index >= 15 is 0 Å². The van der Waals surface area contributed by atoms with Gasteiger partial charge in [0.2, 0.25) is 0 Å². The Morgan fingerprint density at radius 1 is 1.50 bits per heavy atom. The van der Waals surface area contributed by atoms with Crippen LogP contribution in [0, 0.1) is 13.8 Å². The molecule has 1 aliphatic heterocycles. The molecule has 116 valence electrons. The fraction of sp³-hybridized carbons (Fsp3) is 0.429. The summed E-state index contributed by atoms with van der Waals surface area (Å²) in [6.45, 7) is 4.80. The molecule has 1 amide bonds. The maximum atomic E-state index is 12.8. The first-order chi connectivity index (χ1) is 10.6. The second-order valence-electron chi connectivity index (χ2n) is 5.11. The van der Waals surface area contributed by atoms with E-state index < -0.39 is 0 Å². The van der Waals surface area contributed by atoms with E-state index in [0.29, 0.717) is 36.2 Å². The Morgan fingerprint density at radius 2 is 2.32 bits per heavy atom. The normalized spacial score (nSPS) is 18.5. The number of thiazole rings is 1. The SMILES string of the molecule is Cc1nc([C@@H]2COCCN2C(=O)c2scnc2C)cc(=O)[nH]1. The smallest absolute Gasteiger partial charge is 0.266 e. The number of ether oxygens (including phenoxy) is 1. The van der Waals surface area contributed by atoms with Crippen LogP contribution < -0.4 is 5.56 Å². The van der Waals surface area contributed by atoms with E-state index in [4.69, 9.17) is 4.74 Å². The Hall–Kier alpha value is -2.06. The highest BCUT2D eigenvalue weighted by Gasteiger charge is 2.32. The van der Waals surface area contributed by atoms with E-state index in [9.17, 15) is 9.59 Å². The highest BCUT2D eigenvalue weighted by atomic mass is 32.1. The lowest BCUT2D eigenvalue weighted by molar-refractivity contribution is -0.00380. The molecule has 0 radical (unpaired) electrons. The number of aromatic nitrogens is 3. The van der Waals surface area contributed by atoms with Crippen molar-refractivity contribution in [3.8, 4) is 0 Å². The van der Waals surface area contributed by atoms with Crippen LogP contribution in [0.2, 0.25) is 0 Å². The topological polar surface area (TPSA) is 88.2 Å². The predicted molar refractivity (Wildman–Crippen MR) is 81.0 cm³/mol. The summed E-state index contributed by atoms with van der Waals surface area (Å²) >= 11 is 1.32. The van der Waals surface area contributed by atoms with E-state index in [-0.39, 0.29) is 17.5 Å². The predicted octanol–water partition coefficient (Wildman–Crippen LogP) is 1.06. The monoisotopic (exact) mass is 320 g/mol. The van der Waals surface area contributed by atoms with Crippen molar-refractivity contribution < 1.29 is 9.53 Å². The molecular formula is C14H16N4O3S. The Labute approximate surface area is 131 Å². The van der Waals surface area contributed by atoms with Crippen molar-refractivity contribution >= 4 is 17.2 Å². The van der Waals surface area contributed by atoms with Crippen LogP contribution in [0.3, 0.4) is 0 Å². The number of hydrogen-bond donors (Lipinski definition) is 1. The number of H-pyrrole nitrogens is 1. The Kier molecular flexibility index (Phi) is 4.04. The van der Waals surface area contributed by atoms with Gasteiger partial charge < -0.3 is 14.6 Å². The van der Waals surface area contributed by atoms with Gasteiger partial charge in [-0.15, -0.1) is 11.3 Å². The first-order valence-corrected chi connectivity index (χ1v) is 7.81. The van der Waals surface area contributed by atoms with E-state index in [1.165, 1.54) is 17.4 Å². The van der Waals surface area contributed by atoms with Gasteiger partial charge in [-0.25, -0.2) is 9.97 Å². The molecule has 1 fully saturated rings. The molecule has 2 aromatic heterocycles. The molecule has 7 nitrogen and oxygen atoms in total. The summed E-state index contributed by atoms with van der Waals surface area (Å²) < 4.78 is 5.49. The second-order valence-corrected chi connectivity index (χ2v) is 5.97. The fourth-order valence-corrected chi connectivity index (χ4v) is 3.26. The van der Waals surface area contributed by atoms with E-state index in [1.54, 1.807) is 17.3 Å². The number of nitrogens with zero attached hydrogens (tertiary/aromatic N) is 3. The van der Waals surface area contributed by atoms with Gasteiger partial charge in [0.05, 0.1) is 36.2 Å². The van der Waals surface area contributed by atoms with Crippen LogP contribution in [0.15, 0.2) is 16.4 Å². The van der Waals surface area contributed by atoms with Crippen LogP contribution in [-0.4, -0.2) is 45.5 Å². The third kappa shape index (κ3) is 2.79. The number of nitrogens with one attached hydrogen (secondary N) is 1. The number of rotatable bonds is 2. The molecule has 1 aliphatic rings. The molecule has 1 N–H and O–H groups in total. The minimum absolute atomic E-state index is 0.0898. The number of hydrogen-bond acceptors (Lipinski definition) is 6. The van der Waals surface area contributed by atoms with Crippen LogP contribution >= 0.6 is 11.3 Å². The zero-order valence-corrected chi connectivity index (χ0v) is 13.1. The average molecular weight is 320 g/mol. The van der Waals surface area contributed by atoms with E-state index in [2.05, 4.69) is 15.0 Å². The van der Waals surface area contributed by atoms with E-state index in [0.717, 1.165) is 5.69 Å².